The van der Waals surface area contributed by atoms with Crippen molar-refractivity contribution < 1.29 is 22.7 Å². The zero-order valence-corrected chi connectivity index (χ0v) is 18.7. The average Bonchev–Trinajstić information content (AvgIpc) is 2.79. The fourth-order valence-corrected chi connectivity index (χ4v) is 4.16. The molecule has 8 heteroatoms. The molecule has 0 aliphatic rings. The van der Waals surface area contributed by atoms with Crippen LogP contribution in [-0.4, -0.2) is 28.0 Å². The summed E-state index contributed by atoms with van der Waals surface area (Å²) >= 11 is 0. The summed E-state index contributed by atoms with van der Waals surface area (Å²) in [6.45, 7) is 3.41. The highest BCUT2D eigenvalue weighted by Crippen LogP contribution is 2.25. The van der Waals surface area contributed by atoms with E-state index in [1.54, 1.807) is 54.6 Å². The van der Waals surface area contributed by atoms with Crippen LogP contribution in [-0.2, 0) is 14.8 Å². The summed E-state index contributed by atoms with van der Waals surface area (Å²) in [4.78, 5) is 12.3. The van der Waals surface area contributed by atoms with E-state index in [1.807, 2.05) is 19.9 Å². The van der Waals surface area contributed by atoms with Gasteiger partial charge in [0.05, 0.1) is 16.1 Å². The van der Waals surface area contributed by atoms with Gasteiger partial charge in [-0.25, -0.2) is 13.2 Å². The Bertz CT molecular complexity index is 1280. The van der Waals surface area contributed by atoms with E-state index < -0.39 is 16.0 Å². The van der Waals surface area contributed by atoms with Crippen LogP contribution in [0.25, 0.3) is 0 Å². The van der Waals surface area contributed by atoms with Gasteiger partial charge in [0.1, 0.15) is 17.6 Å². The van der Waals surface area contributed by atoms with Gasteiger partial charge in [-0.1, -0.05) is 18.2 Å². The second kappa shape index (κ2) is 9.54. The first kappa shape index (κ1) is 22.8. The zero-order chi connectivity index (χ0) is 23.3. The molecule has 3 aromatic carbocycles. The first-order chi connectivity index (χ1) is 15.2. The number of benzene rings is 3. The lowest BCUT2D eigenvalue weighted by Gasteiger charge is -2.20. The van der Waals surface area contributed by atoms with Gasteiger partial charge in [0.15, 0.2) is 6.61 Å². The number of carbonyl (C=O) groups excluding carboxylic acids is 1. The highest BCUT2D eigenvalue weighted by molar-refractivity contribution is 7.92. The van der Waals surface area contributed by atoms with Crippen molar-refractivity contribution in [3.8, 4) is 17.6 Å². The number of esters is 1. The summed E-state index contributed by atoms with van der Waals surface area (Å²) in [5.74, 6) is -0.116. The molecule has 7 nitrogen and oxygen atoms in total. The highest BCUT2D eigenvalue weighted by Gasteiger charge is 2.22. The summed E-state index contributed by atoms with van der Waals surface area (Å²) in [5.41, 5.74) is 2.64. The predicted molar refractivity (Wildman–Crippen MR) is 120 cm³/mol. The second-order valence-corrected chi connectivity index (χ2v) is 9.05. The maximum Gasteiger partial charge on any atom is 0.349 e. The van der Waals surface area contributed by atoms with Gasteiger partial charge in [0, 0.05) is 7.05 Å². The smallest absolute Gasteiger partial charge is 0.349 e. The number of carbonyl (C=O) groups is 1. The molecule has 0 saturated carbocycles. The summed E-state index contributed by atoms with van der Waals surface area (Å²) in [6.07, 6.45) is 0. The lowest BCUT2D eigenvalue weighted by atomic mass is 10.1. The summed E-state index contributed by atoms with van der Waals surface area (Å²) in [7, 11) is -2.27. The van der Waals surface area contributed by atoms with Gasteiger partial charge >= 0.3 is 5.97 Å². The molecule has 0 aliphatic carbocycles. The van der Waals surface area contributed by atoms with E-state index in [9.17, 15) is 13.2 Å². The molecule has 32 heavy (non-hydrogen) atoms. The van der Waals surface area contributed by atoms with Gasteiger partial charge < -0.3 is 9.47 Å². The number of ether oxygens (including phenoxy) is 2. The minimum atomic E-state index is -3.73. The molecule has 0 fully saturated rings. The number of sulfonamides is 1. The number of hydrogen-bond acceptors (Lipinski definition) is 6. The molecule has 0 amide bonds. The zero-order valence-electron chi connectivity index (χ0n) is 17.9. The fourth-order valence-electron chi connectivity index (χ4n) is 2.88. The second-order valence-electron chi connectivity index (χ2n) is 7.08. The molecular formula is C24H22N2O5S. The minimum Gasteiger partial charge on any atom is -0.481 e. The Morgan fingerprint density at radius 3 is 2.34 bits per heavy atom. The van der Waals surface area contributed by atoms with Crippen LogP contribution >= 0.6 is 0 Å². The van der Waals surface area contributed by atoms with Crippen LogP contribution in [0, 0.1) is 25.2 Å². The number of nitriles is 1. The molecule has 0 radical (unpaired) electrons. The molecular weight excluding hydrogens is 428 g/mol. The molecule has 0 saturated heterocycles. The minimum absolute atomic E-state index is 0.202. The van der Waals surface area contributed by atoms with E-state index in [0.29, 0.717) is 17.0 Å². The van der Waals surface area contributed by atoms with Crippen LogP contribution in [0.15, 0.2) is 71.6 Å². The fraction of sp³-hybridized carbons (Fsp3) is 0.167. The standard InChI is InChI=1S/C24H22N2O5S/c1-17-8-13-22(14-18(17)2)32(28,29)26(3)20-9-11-21(12-10-20)31-24(27)16-30-23-7-5-4-6-19(23)15-25/h4-14H,16H2,1-3H3. The number of anilines is 1. The Balaban J connectivity index is 1.65. The van der Waals surface area contributed by atoms with Crippen LogP contribution in [0.1, 0.15) is 16.7 Å². The highest BCUT2D eigenvalue weighted by atomic mass is 32.2. The third-order valence-corrected chi connectivity index (χ3v) is 6.70. The van der Waals surface area contributed by atoms with E-state index in [1.165, 1.54) is 23.5 Å². The third-order valence-electron chi connectivity index (χ3n) is 4.92. The van der Waals surface area contributed by atoms with Crippen LogP contribution in [0.2, 0.25) is 0 Å². The van der Waals surface area contributed by atoms with Crippen molar-refractivity contribution in [2.75, 3.05) is 18.0 Å². The Labute approximate surface area is 187 Å². The molecule has 0 spiro atoms. The molecule has 3 rings (SSSR count). The first-order valence-electron chi connectivity index (χ1n) is 9.71. The largest absolute Gasteiger partial charge is 0.481 e. The van der Waals surface area contributed by atoms with Gasteiger partial charge in [-0.3, -0.25) is 4.31 Å². The first-order valence-corrected chi connectivity index (χ1v) is 11.1. The number of hydrogen-bond donors (Lipinski definition) is 0. The van der Waals surface area contributed by atoms with Crippen molar-refractivity contribution in [1.82, 2.24) is 0 Å². The van der Waals surface area contributed by atoms with Crippen LogP contribution in [0.3, 0.4) is 0 Å². The van der Waals surface area contributed by atoms with Gasteiger partial charge in [-0.05, 0) is 73.5 Å². The van der Waals surface area contributed by atoms with E-state index in [2.05, 4.69) is 0 Å². The molecule has 0 bridgehead atoms. The van der Waals surface area contributed by atoms with Gasteiger partial charge in [0.25, 0.3) is 10.0 Å². The van der Waals surface area contributed by atoms with Crippen molar-refractivity contribution in [1.29, 1.82) is 5.26 Å². The van der Waals surface area contributed by atoms with Crippen molar-refractivity contribution in [3.05, 3.63) is 83.4 Å². The maximum atomic E-state index is 12.9. The van der Waals surface area contributed by atoms with E-state index >= 15 is 0 Å². The van der Waals surface area contributed by atoms with Gasteiger partial charge in [-0.15, -0.1) is 0 Å². The number of nitrogens with zero attached hydrogens (tertiary/aromatic N) is 2. The van der Waals surface area contributed by atoms with Crippen LogP contribution < -0.4 is 13.8 Å². The third kappa shape index (κ3) is 5.07. The van der Waals surface area contributed by atoms with Crippen LogP contribution in [0.5, 0.6) is 11.5 Å². The topological polar surface area (TPSA) is 96.7 Å². The average molecular weight is 451 g/mol. The van der Waals surface area contributed by atoms with Gasteiger partial charge in [0.2, 0.25) is 0 Å². The molecule has 0 unspecified atom stereocenters. The lowest BCUT2D eigenvalue weighted by Crippen LogP contribution is -2.26. The molecule has 0 heterocycles. The normalized spacial score (nSPS) is 10.8. The monoisotopic (exact) mass is 450 g/mol. The quantitative estimate of drug-likeness (QED) is 0.399. The molecule has 0 atom stereocenters. The van der Waals surface area contributed by atoms with Crippen molar-refractivity contribution in [2.45, 2.75) is 18.7 Å². The Morgan fingerprint density at radius 2 is 1.69 bits per heavy atom. The molecule has 0 N–H and O–H groups in total. The summed E-state index contributed by atoms with van der Waals surface area (Å²) < 4.78 is 37.6. The number of para-hydroxylation sites is 1. The number of aryl methyl sites for hydroxylation is 2. The number of rotatable bonds is 7. The van der Waals surface area contributed by atoms with Crippen LogP contribution in [0.4, 0.5) is 5.69 Å². The van der Waals surface area contributed by atoms with E-state index in [-0.39, 0.29) is 17.3 Å². The van der Waals surface area contributed by atoms with Crippen molar-refractivity contribution in [3.63, 3.8) is 0 Å². The van der Waals surface area contributed by atoms with Crippen molar-refractivity contribution in [2.24, 2.45) is 0 Å². The van der Waals surface area contributed by atoms with Crippen molar-refractivity contribution >= 4 is 21.7 Å². The Hall–Kier alpha value is -3.83. The summed E-state index contributed by atoms with van der Waals surface area (Å²) in [6, 6.07) is 19.6. The summed E-state index contributed by atoms with van der Waals surface area (Å²) in [5, 5.41) is 9.05. The molecule has 0 aliphatic heterocycles. The van der Waals surface area contributed by atoms with Gasteiger partial charge in [-0.2, -0.15) is 5.26 Å². The van der Waals surface area contributed by atoms with E-state index in [4.69, 9.17) is 14.7 Å². The molecule has 0 aromatic heterocycles. The maximum absolute atomic E-state index is 12.9. The SMILES string of the molecule is Cc1ccc(S(=O)(=O)N(C)c2ccc(OC(=O)COc3ccccc3C#N)cc2)cc1C. The Morgan fingerprint density at radius 1 is 1.00 bits per heavy atom. The predicted octanol–water partition coefficient (Wildman–Crippen LogP) is 3.98. The molecule has 164 valence electrons. The lowest BCUT2D eigenvalue weighted by molar-refractivity contribution is -0.136. The Kier molecular flexibility index (Phi) is 6.81. The molecule has 3 aromatic rings. The van der Waals surface area contributed by atoms with E-state index in [0.717, 1.165) is 11.1 Å².